The summed E-state index contributed by atoms with van der Waals surface area (Å²) in [6, 6.07) is 7.75. The van der Waals surface area contributed by atoms with Gasteiger partial charge in [0, 0.05) is 31.6 Å². The molecule has 0 radical (unpaired) electrons. The van der Waals surface area contributed by atoms with Gasteiger partial charge in [0.2, 0.25) is 0 Å². The van der Waals surface area contributed by atoms with Crippen LogP contribution in [0.5, 0.6) is 0 Å². The first-order valence-electron chi connectivity index (χ1n) is 8.99. The minimum Gasteiger partial charge on any atom is -0.383 e. The molecule has 2 aromatic heterocycles. The molecule has 27 heavy (non-hydrogen) atoms. The SMILES string of the molecule is CCc1nnsc1C(=O)N1CCN(Cc2nc(N)c3ccccc3n2)CC1. The minimum atomic E-state index is 0.0349. The van der Waals surface area contributed by atoms with E-state index in [2.05, 4.69) is 24.5 Å². The van der Waals surface area contributed by atoms with Crippen LogP contribution in [0.1, 0.15) is 28.1 Å². The topological polar surface area (TPSA) is 101 Å². The number of carbonyl (C=O) groups is 1. The fraction of sp³-hybridized carbons (Fsp3) is 0.389. The molecule has 1 aromatic carbocycles. The van der Waals surface area contributed by atoms with Gasteiger partial charge in [-0.1, -0.05) is 23.5 Å². The van der Waals surface area contributed by atoms with E-state index in [4.69, 9.17) is 5.73 Å². The highest BCUT2D eigenvalue weighted by Gasteiger charge is 2.26. The molecule has 0 spiro atoms. The third-order valence-electron chi connectivity index (χ3n) is 4.79. The number of para-hydroxylation sites is 1. The van der Waals surface area contributed by atoms with Gasteiger partial charge >= 0.3 is 0 Å². The number of anilines is 1. The zero-order valence-electron chi connectivity index (χ0n) is 15.1. The first kappa shape index (κ1) is 17.7. The van der Waals surface area contributed by atoms with E-state index in [1.54, 1.807) is 0 Å². The first-order valence-corrected chi connectivity index (χ1v) is 9.77. The smallest absolute Gasteiger partial charge is 0.267 e. The lowest BCUT2D eigenvalue weighted by Gasteiger charge is -2.34. The van der Waals surface area contributed by atoms with Crippen LogP contribution in [0.3, 0.4) is 0 Å². The first-order chi connectivity index (χ1) is 13.2. The second-order valence-corrected chi connectivity index (χ2v) is 7.27. The van der Waals surface area contributed by atoms with Crippen LogP contribution in [0.2, 0.25) is 0 Å². The lowest BCUT2D eigenvalue weighted by atomic mass is 10.2. The summed E-state index contributed by atoms with van der Waals surface area (Å²) >= 11 is 1.18. The highest BCUT2D eigenvalue weighted by atomic mass is 32.1. The largest absolute Gasteiger partial charge is 0.383 e. The monoisotopic (exact) mass is 383 g/mol. The summed E-state index contributed by atoms with van der Waals surface area (Å²) in [6.45, 7) is 5.50. The van der Waals surface area contributed by atoms with Gasteiger partial charge in [-0.25, -0.2) is 9.97 Å². The number of nitrogen functional groups attached to an aromatic ring is 1. The van der Waals surface area contributed by atoms with Crippen molar-refractivity contribution in [3.8, 4) is 0 Å². The molecule has 1 fully saturated rings. The van der Waals surface area contributed by atoms with Crippen molar-refractivity contribution in [2.24, 2.45) is 0 Å². The van der Waals surface area contributed by atoms with Crippen molar-refractivity contribution >= 4 is 34.2 Å². The van der Waals surface area contributed by atoms with Crippen LogP contribution in [0.15, 0.2) is 24.3 Å². The van der Waals surface area contributed by atoms with Crippen LogP contribution in [0.25, 0.3) is 10.9 Å². The minimum absolute atomic E-state index is 0.0349. The van der Waals surface area contributed by atoms with Crippen LogP contribution < -0.4 is 5.73 Å². The third kappa shape index (κ3) is 3.60. The maximum Gasteiger partial charge on any atom is 0.267 e. The molecule has 0 atom stereocenters. The number of nitrogens with zero attached hydrogens (tertiary/aromatic N) is 6. The van der Waals surface area contributed by atoms with Crippen LogP contribution in [-0.4, -0.2) is 61.4 Å². The molecular formula is C18H21N7OS. The predicted molar refractivity (Wildman–Crippen MR) is 104 cm³/mol. The Bertz CT molecular complexity index is 965. The Kier molecular flexibility index (Phi) is 4.95. The number of aromatic nitrogens is 4. The Morgan fingerprint density at radius 1 is 1.19 bits per heavy atom. The third-order valence-corrected chi connectivity index (χ3v) is 5.54. The number of aryl methyl sites for hydroxylation is 1. The highest BCUT2D eigenvalue weighted by Crippen LogP contribution is 2.19. The fourth-order valence-electron chi connectivity index (χ4n) is 3.28. The predicted octanol–water partition coefficient (Wildman–Crippen LogP) is 1.58. The Morgan fingerprint density at radius 3 is 2.74 bits per heavy atom. The Labute approximate surface area is 161 Å². The molecule has 2 N–H and O–H groups in total. The molecule has 140 valence electrons. The average molecular weight is 383 g/mol. The van der Waals surface area contributed by atoms with E-state index in [0.29, 0.717) is 36.2 Å². The van der Waals surface area contributed by atoms with E-state index in [1.807, 2.05) is 36.1 Å². The number of fused-ring (bicyclic) bond motifs is 1. The van der Waals surface area contributed by atoms with Crippen molar-refractivity contribution in [1.29, 1.82) is 0 Å². The average Bonchev–Trinajstić information content (AvgIpc) is 3.17. The number of hydrogen-bond acceptors (Lipinski definition) is 8. The number of piperazine rings is 1. The van der Waals surface area contributed by atoms with E-state index in [9.17, 15) is 4.79 Å². The molecule has 0 bridgehead atoms. The Hall–Kier alpha value is -2.65. The number of rotatable bonds is 4. The Balaban J connectivity index is 1.40. The zero-order valence-corrected chi connectivity index (χ0v) is 15.9. The fourth-order valence-corrected chi connectivity index (χ4v) is 4.00. The van der Waals surface area contributed by atoms with Crippen molar-refractivity contribution in [2.75, 3.05) is 31.9 Å². The molecule has 1 amide bonds. The standard InChI is InChI=1S/C18H21N7OS/c1-2-13-16(27-23-22-13)18(26)25-9-7-24(8-10-25)11-15-20-14-6-4-3-5-12(14)17(19)21-15/h3-6H,2,7-11H2,1H3,(H2,19,20,21). The van der Waals surface area contributed by atoms with Crippen molar-refractivity contribution in [3.05, 3.63) is 40.7 Å². The van der Waals surface area contributed by atoms with Crippen LogP contribution in [-0.2, 0) is 13.0 Å². The molecule has 0 unspecified atom stereocenters. The summed E-state index contributed by atoms with van der Waals surface area (Å²) < 4.78 is 3.92. The maximum absolute atomic E-state index is 12.7. The summed E-state index contributed by atoms with van der Waals surface area (Å²) in [7, 11) is 0. The lowest BCUT2D eigenvalue weighted by Crippen LogP contribution is -2.48. The van der Waals surface area contributed by atoms with Crippen LogP contribution in [0, 0.1) is 0 Å². The number of benzene rings is 1. The second-order valence-electron chi connectivity index (χ2n) is 6.51. The molecule has 8 nitrogen and oxygen atoms in total. The molecule has 1 aliphatic rings. The van der Waals surface area contributed by atoms with E-state index in [1.165, 1.54) is 11.5 Å². The molecule has 0 saturated carbocycles. The van der Waals surface area contributed by atoms with Gasteiger partial charge in [0.15, 0.2) is 0 Å². The highest BCUT2D eigenvalue weighted by molar-refractivity contribution is 7.08. The summed E-state index contributed by atoms with van der Waals surface area (Å²) in [5.74, 6) is 1.26. The van der Waals surface area contributed by atoms with E-state index in [-0.39, 0.29) is 5.91 Å². The van der Waals surface area contributed by atoms with Gasteiger partial charge in [-0.3, -0.25) is 9.69 Å². The zero-order chi connectivity index (χ0) is 18.8. The molecule has 3 aromatic rings. The second kappa shape index (κ2) is 7.53. The number of nitrogens with two attached hydrogens (primary N) is 1. The van der Waals surface area contributed by atoms with E-state index < -0.39 is 0 Å². The molecule has 9 heteroatoms. The lowest BCUT2D eigenvalue weighted by molar-refractivity contribution is 0.0629. The van der Waals surface area contributed by atoms with Crippen LogP contribution in [0.4, 0.5) is 5.82 Å². The van der Waals surface area contributed by atoms with Gasteiger partial charge in [0.1, 0.15) is 16.5 Å². The summed E-state index contributed by atoms with van der Waals surface area (Å²) in [5.41, 5.74) is 7.72. The summed E-state index contributed by atoms with van der Waals surface area (Å²) in [6.07, 6.45) is 0.720. The van der Waals surface area contributed by atoms with Crippen molar-refractivity contribution in [3.63, 3.8) is 0 Å². The van der Waals surface area contributed by atoms with Crippen molar-refractivity contribution in [1.82, 2.24) is 29.4 Å². The number of hydrogen-bond donors (Lipinski definition) is 1. The van der Waals surface area contributed by atoms with Gasteiger partial charge in [0.05, 0.1) is 17.8 Å². The maximum atomic E-state index is 12.7. The van der Waals surface area contributed by atoms with E-state index >= 15 is 0 Å². The number of amides is 1. The van der Waals surface area contributed by atoms with Gasteiger partial charge in [0.25, 0.3) is 5.91 Å². The summed E-state index contributed by atoms with van der Waals surface area (Å²) in [5, 5.41) is 4.91. The van der Waals surface area contributed by atoms with Gasteiger partial charge in [-0.15, -0.1) is 5.10 Å². The summed E-state index contributed by atoms with van der Waals surface area (Å²) in [4.78, 5) is 26.5. The van der Waals surface area contributed by atoms with E-state index in [0.717, 1.165) is 36.1 Å². The molecule has 3 heterocycles. The normalized spacial score (nSPS) is 15.4. The molecular weight excluding hydrogens is 362 g/mol. The van der Waals surface area contributed by atoms with Crippen molar-refractivity contribution in [2.45, 2.75) is 19.9 Å². The molecule has 0 aliphatic carbocycles. The quantitative estimate of drug-likeness (QED) is 0.730. The van der Waals surface area contributed by atoms with Gasteiger partial charge in [-0.05, 0) is 30.1 Å². The molecule has 1 aliphatic heterocycles. The van der Waals surface area contributed by atoms with Crippen molar-refractivity contribution < 1.29 is 4.79 Å². The molecule has 1 saturated heterocycles. The number of carbonyl (C=O) groups excluding carboxylic acids is 1. The molecule has 4 rings (SSSR count). The van der Waals surface area contributed by atoms with Gasteiger partial charge in [-0.2, -0.15) is 0 Å². The van der Waals surface area contributed by atoms with Crippen LogP contribution >= 0.6 is 11.5 Å². The van der Waals surface area contributed by atoms with Gasteiger partial charge < -0.3 is 10.6 Å². The Morgan fingerprint density at radius 2 is 1.96 bits per heavy atom.